The average molecular weight is 797 g/mol. The SMILES string of the molecule is COc1c(C)cc2c(c1O)[C@H](N(C)C)[C@@H]1[C@@H]3SC[C@]4(N[C@@H](CO)Cc5c4oc4ccccc54)C(=O)OC[C@@H](c4c5c(c(C)c(OC(C)=O)c43)OCO5)N1C(C#N)C2. The number of phenolic OH excluding ortho intramolecular Hbond substituents is 1. The molecule has 0 aliphatic carbocycles. The van der Waals surface area contributed by atoms with Gasteiger partial charge < -0.3 is 43.2 Å². The largest absolute Gasteiger partial charge is 0.504 e. The Balaban J connectivity index is 1.35. The number of carbonyl (C=O) groups excluding carboxylic acids is 2. The first-order valence-corrected chi connectivity index (χ1v) is 20.0. The summed E-state index contributed by atoms with van der Waals surface area (Å²) < 4.78 is 37.2. The normalized spacial score (nSPS) is 27.5. The fraction of sp³-hybridized carbons (Fsp3) is 0.452. The van der Waals surface area contributed by atoms with Crippen LogP contribution >= 0.6 is 11.8 Å². The Morgan fingerprint density at radius 1 is 1.12 bits per heavy atom. The van der Waals surface area contributed by atoms with Gasteiger partial charge in [-0.15, -0.1) is 11.8 Å². The lowest BCUT2D eigenvalue weighted by Crippen LogP contribution is -2.62. The highest BCUT2D eigenvalue weighted by Crippen LogP contribution is 2.63. The smallest absolute Gasteiger partial charge is 0.335 e. The van der Waals surface area contributed by atoms with Gasteiger partial charge in [0, 0.05) is 64.4 Å². The molecule has 1 spiro atoms. The van der Waals surface area contributed by atoms with Crippen LogP contribution in [0, 0.1) is 25.2 Å². The first-order chi connectivity index (χ1) is 27.4. The van der Waals surface area contributed by atoms with Crippen LogP contribution in [0.4, 0.5) is 0 Å². The number of fused-ring (bicyclic) bond motifs is 8. The highest BCUT2D eigenvalue weighted by molar-refractivity contribution is 7.99. The Morgan fingerprint density at radius 2 is 1.89 bits per heavy atom. The number of esters is 2. The van der Waals surface area contributed by atoms with Gasteiger partial charge >= 0.3 is 11.9 Å². The molecule has 10 rings (SSSR count). The van der Waals surface area contributed by atoms with E-state index in [1.807, 2.05) is 63.2 Å². The van der Waals surface area contributed by atoms with Crippen LogP contribution in [0.2, 0.25) is 0 Å². The van der Waals surface area contributed by atoms with Gasteiger partial charge in [-0.25, -0.2) is 4.79 Å². The van der Waals surface area contributed by atoms with Crippen molar-refractivity contribution in [2.45, 2.75) is 74.6 Å². The minimum atomic E-state index is -1.55. The zero-order valence-electron chi connectivity index (χ0n) is 32.5. The number of aryl methyl sites for hydroxylation is 1. The van der Waals surface area contributed by atoms with Gasteiger partial charge in [0.15, 0.2) is 28.5 Å². The maximum atomic E-state index is 15.0. The highest BCUT2D eigenvalue weighted by atomic mass is 32.2. The fourth-order valence-corrected chi connectivity index (χ4v) is 11.7. The predicted octanol–water partition coefficient (Wildman–Crippen LogP) is 4.63. The van der Waals surface area contributed by atoms with Crippen LogP contribution in [0.25, 0.3) is 11.0 Å². The molecular formula is C42H44N4O10S. The lowest BCUT2D eigenvalue weighted by molar-refractivity contribution is -0.156. The van der Waals surface area contributed by atoms with Gasteiger partial charge in [-0.2, -0.15) is 5.26 Å². The number of aliphatic hydroxyl groups is 1. The molecule has 6 aliphatic rings. The third kappa shape index (κ3) is 5.45. The zero-order valence-corrected chi connectivity index (χ0v) is 33.3. The summed E-state index contributed by atoms with van der Waals surface area (Å²) >= 11 is 1.43. The second kappa shape index (κ2) is 13.8. The number of furan rings is 1. The van der Waals surface area contributed by atoms with Crippen molar-refractivity contribution in [3.8, 4) is 34.8 Å². The van der Waals surface area contributed by atoms with Gasteiger partial charge in [0.25, 0.3) is 0 Å². The molecule has 0 radical (unpaired) electrons. The van der Waals surface area contributed by atoms with Crippen LogP contribution in [0.15, 0.2) is 34.7 Å². The summed E-state index contributed by atoms with van der Waals surface area (Å²) in [4.78, 5) is 32.1. The summed E-state index contributed by atoms with van der Waals surface area (Å²) in [7, 11) is 5.38. The Bertz CT molecular complexity index is 2390. The van der Waals surface area contributed by atoms with E-state index in [1.165, 1.54) is 25.8 Å². The van der Waals surface area contributed by atoms with Crippen molar-refractivity contribution < 1.29 is 47.9 Å². The van der Waals surface area contributed by atoms with E-state index in [4.69, 9.17) is 28.1 Å². The molecule has 1 unspecified atom stereocenters. The maximum Gasteiger partial charge on any atom is 0.335 e. The number of para-hydroxylation sites is 1. The van der Waals surface area contributed by atoms with Crippen molar-refractivity contribution in [1.29, 1.82) is 5.26 Å². The van der Waals surface area contributed by atoms with Crippen LogP contribution in [-0.4, -0.2) is 97.0 Å². The topological polar surface area (TPSA) is 176 Å². The zero-order chi connectivity index (χ0) is 40.1. The Labute approximate surface area is 333 Å². The Kier molecular flexibility index (Phi) is 9.13. The number of carbonyl (C=O) groups is 2. The van der Waals surface area contributed by atoms with E-state index in [0.29, 0.717) is 63.0 Å². The second-order valence-electron chi connectivity index (χ2n) is 15.7. The van der Waals surface area contributed by atoms with E-state index < -0.39 is 52.9 Å². The lowest BCUT2D eigenvalue weighted by Gasteiger charge is -2.53. The molecule has 2 bridgehead atoms. The van der Waals surface area contributed by atoms with Crippen LogP contribution < -0.4 is 24.3 Å². The van der Waals surface area contributed by atoms with E-state index in [-0.39, 0.29) is 37.9 Å². The van der Waals surface area contributed by atoms with Gasteiger partial charge in [-0.05, 0) is 51.6 Å². The van der Waals surface area contributed by atoms with Crippen LogP contribution in [0.1, 0.15) is 69.0 Å². The number of methoxy groups -OCH3 is 1. The molecule has 7 atom stereocenters. The third-order valence-corrected chi connectivity index (χ3v) is 13.7. The third-order valence-electron chi connectivity index (χ3n) is 12.2. The molecule has 6 aliphatic heterocycles. The first-order valence-electron chi connectivity index (χ1n) is 19.0. The molecule has 3 aromatic carbocycles. The number of aromatic hydroxyl groups is 1. The average Bonchev–Trinajstić information content (AvgIpc) is 3.80. The number of nitrogens with one attached hydrogen (secondary N) is 1. The molecular weight excluding hydrogens is 753 g/mol. The summed E-state index contributed by atoms with van der Waals surface area (Å²) in [5.74, 6) is 0.832. The van der Waals surface area contributed by atoms with E-state index >= 15 is 0 Å². The number of likely N-dealkylation sites (N-methyl/N-ethyl adjacent to an activating group) is 1. The van der Waals surface area contributed by atoms with Crippen LogP contribution in [-0.2, 0) is 32.7 Å². The molecule has 3 N–H and O–H groups in total. The van der Waals surface area contributed by atoms with E-state index in [0.717, 1.165) is 22.1 Å². The Hall–Kier alpha value is -4.98. The molecule has 298 valence electrons. The van der Waals surface area contributed by atoms with Gasteiger partial charge in [0.1, 0.15) is 29.7 Å². The highest BCUT2D eigenvalue weighted by Gasteiger charge is 2.59. The fourth-order valence-electron chi connectivity index (χ4n) is 10.0. The van der Waals surface area contributed by atoms with Crippen molar-refractivity contribution in [3.63, 3.8) is 0 Å². The summed E-state index contributed by atoms with van der Waals surface area (Å²) in [6.07, 6.45) is 0.674. The van der Waals surface area contributed by atoms with Gasteiger partial charge in [-0.3, -0.25) is 15.0 Å². The second-order valence-corrected chi connectivity index (χ2v) is 16.8. The molecule has 7 heterocycles. The summed E-state index contributed by atoms with van der Waals surface area (Å²) in [5.41, 5.74) is 3.84. The molecule has 57 heavy (non-hydrogen) atoms. The van der Waals surface area contributed by atoms with Gasteiger partial charge in [-0.1, -0.05) is 24.3 Å². The maximum absolute atomic E-state index is 15.0. The monoisotopic (exact) mass is 796 g/mol. The predicted molar refractivity (Wildman–Crippen MR) is 208 cm³/mol. The summed E-state index contributed by atoms with van der Waals surface area (Å²) in [5, 5.41) is 37.6. The molecule has 15 heteroatoms. The minimum absolute atomic E-state index is 0.0143. The molecule has 4 aromatic rings. The first kappa shape index (κ1) is 37.6. The van der Waals surface area contributed by atoms with E-state index in [2.05, 4.69) is 16.3 Å². The number of benzene rings is 3. The number of nitriles is 1. The standard InChI is InChI=1S/C42H44N4O10S/c1-19-11-22-12-24(14-43)46-27-16-52-41(50)42(40-26(13-23(15-47)44-42)25-9-7-8-10-28(25)56-40)17-57-39(33(46)32(45(4)5)29(22)34(49)35(19)51-6)31-30(27)38-37(53-18-54-38)20(2)36(31)55-21(3)48/h7-11,23-24,27,32-33,39,44,47,49H,12-13,15-18H2,1-6H3/t23-,24?,27+,32+,33-,39-,42-/m1/s1. The van der Waals surface area contributed by atoms with Crippen LogP contribution in [0.3, 0.4) is 0 Å². The lowest BCUT2D eigenvalue weighted by atomic mass is 9.80. The van der Waals surface area contributed by atoms with Crippen molar-refractivity contribution >= 4 is 34.7 Å². The van der Waals surface area contributed by atoms with Crippen molar-refractivity contribution in [2.75, 3.05) is 47.0 Å². The number of nitrogens with zero attached hydrogens (tertiary/aromatic N) is 3. The summed E-state index contributed by atoms with van der Waals surface area (Å²) in [6.45, 7) is 4.47. The number of hydrogen-bond donors (Lipinski definition) is 3. The minimum Gasteiger partial charge on any atom is -0.504 e. The molecule has 1 fully saturated rings. The van der Waals surface area contributed by atoms with E-state index in [9.17, 15) is 25.1 Å². The number of hydrogen-bond acceptors (Lipinski definition) is 15. The number of rotatable bonds is 4. The van der Waals surface area contributed by atoms with Crippen LogP contribution in [0.5, 0.6) is 28.7 Å². The number of aliphatic hydroxyl groups excluding tert-OH is 1. The molecule has 0 amide bonds. The number of thioether (sulfide) groups is 1. The number of ether oxygens (including phenoxy) is 5. The van der Waals surface area contributed by atoms with Crippen molar-refractivity contribution in [1.82, 2.24) is 15.1 Å². The Morgan fingerprint density at radius 3 is 2.61 bits per heavy atom. The molecule has 1 saturated heterocycles. The van der Waals surface area contributed by atoms with Crippen molar-refractivity contribution in [2.24, 2.45) is 0 Å². The molecule has 0 saturated carbocycles. The molecule has 14 nitrogen and oxygen atoms in total. The quantitative estimate of drug-likeness (QED) is 0.192. The van der Waals surface area contributed by atoms with Gasteiger partial charge in [0.05, 0.1) is 37.1 Å². The van der Waals surface area contributed by atoms with Gasteiger partial charge in [0.2, 0.25) is 6.79 Å². The summed E-state index contributed by atoms with van der Waals surface area (Å²) in [6, 6.07) is 8.87. The van der Waals surface area contributed by atoms with Crippen molar-refractivity contribution in [3.05, 3.63) is 75.0 Å². The number of phenols is 1. The molecule has 1 aromatic heterocycles. The van der Waals surface area contributed by atoms with E-state index in [1.54, 1.807) is 0 Å².